The fraction of sp³-hybridized carbons (Fsp3) is 0.632. The van der Waals surface area contributed by atoms with Crippen molar-refractivity contribution in [3.8, 4) is 5.75 Å². The Hall–Kier alpha value is -2.15. The van der Waals surface area contributed by atoms with E-state index >= 15 is 0 Å². The first-order valence-electron chi connectivity index (χ1n) is 9.44. The lowest BCUT2D eigenvalue weighted by Gasteiger charge is -2.38. The van der Waals surface area contributed by atoms with Crippen LogP contribution in [0.2, 0.25) is 0 Å². The van der Waals surface area contributed by atoms with Crippen molar-refractivity contribution >= 4 is 17.3 Å². The molecule has 0 radical (unpaired) electrons. The van der Waals surface area contributed by atoms with E-state index in [1.165, 1.54) is 56.2 Å². The molecule has 26 heavy (non-hydrogen) atoms. The lowest BCUT2D eigenvalue weighted by molar-refractivity contribution is -0.902. The Kier molecular flexibility index (Phi) is 5.76. The summed E-state index contributed by atoms with van der Waals surface area (Å²) in [7, 11) is 1.39. The van der Waals surface area contributed by atoms with Crippen LogP contribution < -0.4 is 15.0 Å². The molecule has 1 unspecified atom stereocenters. The molecule has 142 valence electrons. The summed E-state index contributed by atoms with van der Waals surface area (Å²) >= 11 is 0. The second kappa shape index (κ2) is 8.03. The first-order chi connectivity index (χ1) is 12.5. The van der Waals surface area contributed by atoms with Crippen molar-refractivity contribution in [1.82, 2.24) is 0 Å². The highest BCUT2D eigenvalue weighted by molar-refractivity contribution is 5.92. The number of nitrogens with zero attached hydrogens (tertiary/aromatic N) is 1. The SMILES string of the molecule is COc1cc(NC(=O)C[NH+]2CC[C@H]3CCCC[C@@H]3C2)c(C)cc1[N+](=O)[O-]. The summed E-state index contributed by atoms with van der Waals surface area (Å²) in [5.74, 6) is 1.73. The number of nitro benzene ring substituents is 1. The molecule has 1 aliphatic heterocycles. The number of hydrogen-bond acceptors (Lipinski definition) is 4. The van der Waals surface area contributed by atoms with Crippen LogP contribution >= 0.6 is 0 Å². The summed E-state index contributed by atoms with van der Waals surface area (Å²) in [6.07, 6.45) is 6.55. The monoisotopic (exact) mass is 362 g/mol. The fourth-order valence-corrected chi connectivity index (χ4v) is 4.49. The van der Waals surface area contributed by atoms with E-state index < -0.39 is 4.92 Å². The molecule has 7 heteroatoms. The number of piperidine rings is 1. The highest BCUT2D eigenvalue weighted by atomic mass is 16.6. The van der Waals surface area contributed by atoms with Crippen molar-refractivity contribution in [1.29, 1.82) is 0 Å². The van der Waals surface area contributed by atoms with Gasteiger partial charge in [-0.15, -0.1) is 0 Å². The zero-order valence-electron chi connectivity index (χ0n) is 15.5. The van der Waals surface area contributed by atoms with Crippen molar-refractivity contribution in [2.75, 3.05) is 32.1 Å². The molecule has 2 aliphatic rings. The number of hydrogen-bond donors (Lipinski definition) is 2. The molecule has 1 amide bonds. The molecule has 0 aromatic heterocycles. The fourth-order valence-electron chi connectivity index (χ4n) is 4.49. The zero-order chi connectivity index (χ0) is 18.7. The van der Waals surface area contributed by atoms with Crippen LogP contribution in [0.15, 0.2) is 12.1 Å². The molecule has 1 aromatic rings. The number of carbonyl (C=O) groups excluding carboxylic acids is 1. The van der Waals surface area contributed by atoms with E-state index in [0.717, 1.165) is 24.9 Å². The van der Waals surface area contributed by atoms with Gasteiger partial charge < -0.3 is 15.0 Å². The van der Waals surface area contributed by atoms with Crippen molar-refractivity contribution < 1.29 is 19.4 Å². The Balaban J connectivity index is 1.62. The third-order valence-corrected chi connectivity index (χ3v) is 5.89. The van der Waals surface area contributed by atoms with E-state index in [4.69, 9.17) is 4.74 Å². The average Bonchev–Trinajstić information content (AvgIpc) is 2.62. The van der Waals surface area contributed by atoms with E-state index in [0.29, 0.717) is 17.8 Å². The average molecular weight is 362 g/mol. The predicted octanol–water partition coefficient (Wildman–Crippen LogP) is 1.95. The lowest BCUT2D eigenvalue weighted by atomic mass is 9.75. The minimum atomic E-state index is -0.476. The third-order valence-electron chi connectivity index (χ3n) is 5.89. The largest absolute Gasteiger partial charge is 0.490 e. The van der Waals surface area contributed by atoms with Crippen LogP contribution in [0, 0.1) is 28.9 Å². The number of fused-ring (bicyclic) bond motifs is 1. The summed E-state index contributed by atoms with van der Waals surface area (Å²) in [5, 5.41) is 14.0. The van der Waals surface area contributed by atoms with Gasteiger partial charge >= 0.3 is 5.69 Å². The second-order valence-electron chi connectivity index (χ2n) is 7.62. The van der Waals surface area contributed by atoms with Gasteiger partial charge in [0.2, 0.25) is 0 Å². The quantitative estimate of drug-likeness (QED) is 0.619. The molecular weight excluding hydrogens is 334 g/mol. The molecule has 3 atom stereocenters. The number of likely N-dealkylation sites (tertiary alicyclic amines) is 1. The number of quaternary nitrogens is 1. The summed E-state index contributed by atoms with van der Waals surface area (Å²) in [6, 6.07) is 2.98. The Morgan fingerprint density at radius 1 is 1.31 bits per heavy atom. The molecule has 2 fully saturated rings. The second-order valence-corrected chi connectivity index (χ2v) is 7.62. The van der Waals surface area contributed by atoms with Crippen LogP contribution in [-0.2, 0) is 4.79 Å². The first-order valence-corrected chi connectivity index (χ1v) is 9.44. The van der Waals surface area contributed by atoms with E-state index in [1.807, 2.05) is 0 Å². The summed E-state index contributed by atoms with van der Waals surface area (Å²) in [5.41, 5.74) is 1.14. The Bertz CT molecular complexity index is 692. The van der Waals surface area contributed by atoms with Crippen LogP contribution in [0.5, 0.6) is 5.75 Å². The number of rotatable bonds is 5. The number of benzene rings is 1. The predicted molar refractivity (Wildman–Crippen MR) is 98.6 cm³/mol. The van der Waals surface area contributed by atoms with Crippen LogP contribution in [0.4, 0.5) is 11.4 Å². The molecule has 1 saturated heterocycles. The molecule has 1 saturated carbocycles. The van der Waals surface area contributed by atoms with E-state index in [-0.39, 0.29) is 17.3 Å². The molecule has 2 N–H and O–H groups in total. The van der Waals surface area contributed by atoms with Crippen molar-refractivity contribution in [3.63, 3.8) is 0 Å². The Morgan fingerprint density at radius 3 is 2.73 bits per heavy atom. The molecule has 3 rings (SSSR count). The van der Waals surface area contributed by atoms with Crippen LogP contribution in [0.3, 0.4) is 0 Å². The van der Waals surface area contributed by atoms with Crippen molar-refractivity contribution in [2.24, 2.45) is 11.8 Å². The molecule has 1 heterocycles. The van der Waals surface area contributed by atoms with E-state index in [9.17, 15) is 14.9 Å². The maximum Gasteiger partial charge on any atom is 0.311 e. The minimum absolute atomic E-state index is 0.0479. The number of nitro groups is 1. The Labute approximate surface area is 153 Å². The molecule has 1 aromatic carbocycles. The molecule has 0 bridgehead atoms. The number of methoxy groups -OCH3 is 1. The lowest BCUT2D eigenvalue weighted by Crippen LogP contribution is -3.15. The summed E-state index contributed by atoms with van der Waals surface area (Å²) < 4.78 is 5.09. The van der Waals surface area contributed by atoms with E-state index in [1.54, 1.807) is 6.92 Å². The number of nitrogens with one attached hydrogen (secondary N) is 2. The van der Waals surface area contributed by atoms with Gasteiger partial charge in [-0.3, -0.25) is 14.9 Å². The number of anilines is 1. The smallest absolute Gasteiger partial charge is 0.311 e. The standard InChI is InChI=1S/C19H27N3O4/c1-13-9-17(22(24)25)18(26-2)10-16(13)20-19(23)12-21-8-7-14-5-3-4-6-15(14)11-21/h9-10,14-15H,3-8,11-12H2,1-2H3,(H,20,23)/p+1/t14-,15-/m1/s1. The highest BCUT2D eigenvalue weighted by Crippen LogP contribution is 2.33. The third kappa shape index (κ3) is 4.15. The summed E-state index contributed by atoms with van der Waals surface area (Å²) in [6.45, 7) is 4.34. The summed E-state index contributed by atoms with van der Waals surface area (Å²) in [4.78, 5) is 24.5. The van der Waals surface area contributed by atoms with Gasteiger partial charge in [-0.1, -0.05) is 12.8 Å². The van der Waals surface area contributed by atoms with Gasteiger partial charge in [0.1, 0.15) is 0 Å². The highest BCUT2D eigenvalue weighted by Gasteiger charge is 2.34. The van der Waals surface area contributed by atoms with Gasteiger partial charge in [-0.25, -0.2) is 0 Å². The maximum atomic E-state index is 12.5. The van der Waals surface area contributed by atoms with Crippen molar-refractivity contribution in [2.45, 2.75) is 39.0 Å². The normalized spacial score (nSPS) is 25.2. The van der Waals surface area contributed by atoms with Gasteiger partial charge in [0.05, 0.1) is 25.1 Å². The van der Waals surface area contributed by atoms with Gasteiger partial charge in [-0.2, -0.15) is 0 Å². The first kappa shape index (κ1) is 18.6. The van der Waals surface area contributed by atoms with Crippen molar-refractivity contribution in [3.05, 3.63) is 27.8 Å². The van der Waals surface area contributed by atoms with E-state index in [2.05, 4.69) is 5.32 Å². The molecular formula is C19H28N3O4+. The number of aryl methyl sites for hydroxylation is 1. The maximum absolute atomic E-state index is 12.5. The van der Waals surface area contributed by atoms with Gasteiger partial charge in [0, 0.05) is 23.7 Å². The van der Waals surface area contributed by atoms with Crippen LogP contribution in [-0.4, -0.2) is 37.6 Å². The van der Waals surface area contributed by atoms with Gasteiger partial charge in [0.15, 0.2) is 12.3 Å². The van der Waals surface area contributed by atoms with Gasteiger partial charge in [-0.05, 0) is 37.7 Å². The van der Waals surface area contributed by atoms with Gasteiger partial charge in [0.25, 0.3) is 5.91 Å². The molecule has 0 spiro atoms. The number of carbonyl (C=O) groups is 1. The van der Waals surface area contributed by atoms with Crippen LogP contribution in [0.1, 0.15) is 37.7 Å². The number of ether oxygens (including phenoxy) is 1. The molecule has 1 aliphatic carbocycles. The topological polar surface area (TPSA) is 85.9 Å². The minimum Gasteiger partial charge on any atom is -0.490 e. The molecule has 7 nitrogen and oxygen atoms in total. The van der Waals surface area contributed by atoms with Crippen LogP contribution in [0.25, 0.3) is 0 Å². The number of amides is 1. The Morgan fingerprint density at radius 2 is 2.04 bits per heavy atom. The zero-order valence-corrected chi connectivity index (χ0v) is 15.5.